The van der Waals surface area contributed by atoms with Crippen LogP contribution < -0.4 is 0 Å². The third-order valence-electron chi connectivity index (χ3n) is 3.92. The number of nitrogens with one attached hydrogen (secondary N) is 1. The molecule has 0 unspecified atom stereocenters. The lowest BCUT2D eigenvalue weighted by Crippen LogP contribution is -2.35. The van der Waals surface area contributed by atoms with Gasteiger partial charge in [0.25, 0.3) is 0 Å². The van der Waals surface area contributed by atoms with Crippen molar-refractivity contribution in [2.45, 2.75) is 25.8 Å². The Morgan fingerprint density at radius 3 is 2.89 bits per heavy atom. The molecule has 1 atom stereocenters. The smallest absolute Gasteiger partial charge is 0.0490 e. The van der Waals surface area contributed by atoms with Gasteiger partial charge >= 0.3 is 0 Å². The number of H-pyrrole nitrogens is 1. The molecule has 0 amide bonds. The molecule has 2 heterocycles. The van der Waals surface area contributed by atoms with Gasteiger partial charge in [0.2, 0.25) is 0 Å². The third kappa shape index (κ3) is 3.44. The van der Waals surface area contributed by atoms with Crippen LogP contribution in [0.3, 0.4) is 0 Å². The zero-order valence-corrected chi connectivity index (χ0v) is 11.3. The minimum atomic E-state index is 0.762. The molecule has 1 aromatic carbocycles. The number of benzene rings is 1. The molecule has 0 bridgehead atoms. The average molecular weight is 255 g/mol. The molecule has 3 rings (SSSR count). The van der Waals surface area contributed by atoms with E-state index in [1.807, 2.05) is 6.20 Å². The van der Waals surface area contributed by atoms with Crippen molar-refractivity contribution in [1.82, 2.24) is 15.1 Å². The molecule has 2 aromatic rings. The first kappa shape index (κ1) is 12.4. The van der Waals surface area contributed by atoms with Gasteiger partial charge in [0.1, 0.15) is 0 Å². The van der Waals surface area contributed by atoms with E-state index in [0.29, 0.717) is 0 Å². The SMILES string of the molecule is c1ccc(CN2CCC[C@@H](Cc3ccn[nH]3)C2)cc1. The minimum Gasteiger partial charge on any atom is -0.299 e. The molecule has 3 heteroatoms. The van der Waals surface area contributed by atoms with E-state index >= 15 is 0 Å². The van der Waals surface area contributed by atoms with Gasteiger partial charge in [-0.2, -0.15) is 5.10 Å². The number of rotatable bonds is 4. The largest absolute Gasteiger partial charge is 0.299 e. The average Bonchev–Trinajstić information content (AvgIpc) is 2.93. The maximum atomic E-state index is 4.04. The maximum absolute atomic E-state index is 4.04. The van der Waals surface area contributed by atoms with Gasteiger partial charge in [-0.25, -0.2) is 0 Å². The van der Waals surface area contributed by atoms with Crippen molar-refractivity contribution in [3.05, 3.63) is 53.9 Å². The van der Waals surface area contributed by atoms with Crippen molar-refractivity contribution >= 4 is 0 Å². The standard InChI is InChI=1S/C16H21N3/c1-2-5-14(6-3-1)12-19-10-4-7-15(13-19)11-16-8-9-17-18-16/h1-3,5-6,8-9,15H,4,7,10-13H2,(H,17,18)/t15-/m0/s1. The van der Waals surface area contributed by atoms with Crippen LogP contribution in [-0.2, 0) is 13.0 Å². The number of hydrogen-bond acceptors (Lipinski definition) is 2. The Balaban J connectivity index is 1.56. The minimum absolute atomic E-state index is 0.762. The molecule has 0 spiro atoms. The molecule has 1 aliphatic rings. The van der Waals surface area contributed by atoms with Gasteiger partial charge < -0.3 is 0 Å². The van der Waals surface area contributed by atoms with Crippen LogP contribution in [0.1, 0.15) is 24.1 Å². The van der Waals surface area contributed by atoms with Crippen LogP contribution >= 0.6 is 0 Å². The molecule has 1 aliphatic heterocycles. The zero-order valence-electron chi connectivity index (χ0n) is 11.3. The predicted octanol–water partition coefficient (Wildman–Crippen LogP) is 2.86. The summed E-state index contributed by atoms with van der Waals surface area (Å²) in [6.45, 7) is 3.52. The summed E-state index contributed by atoms with van der Waals surface area (Å²) < 4.78 is 0. The number of piperidine rings is 1. The highest BCUT2D eigenvalue weighted by molar-refractivity contribution is 5.14. The van der Waals surface area contributed by atoms with Crippen LogP contribution in [0.4, 0.5) is 0 Å². The molecule has 1 aromatic heterocycles. The van der Waals surface area contributed by atoms with Crippen molar-refractivity contribution in [3.63, 3.8) is 0 Å². The molecule has 1 N–H and O–H groups in total. The second-order valence-corrected chi connectivity index (χ2v) is 5.51. The van der Waals surface area contributed by atoms with E-state index in [4.69, 9.17) is 0 Å². The summed E-state index contributed by atoms with van der Waals surface area (Å²) in [5.41, 5.74) is 2.69. The summed E-state index contributed by atoms with van der Waals surface area (Å²) in [6.07, 6.45) is 5.63. The van der Waals surface area contributed by atoms with Crippen molar-refractivity contribution in [1.29, 1.82) is 0 Å². The van der Waals surface area contributed by atoms with Gasteiger partial charge in [-0.1, -0.05) is 30.3 Å². The van der Waals surface area contributed by atoms with E-state index in [-0.39, 0.29) is 0 Å². The second-order valence-electron chi connectivity index (χ2n) is 5.51. The number of aromatic amines is 1. The highest BCUT2D eigenvalue weighted by Crippen LogP contribution is 2.21. The molecular weight excluding hydrogens is 234 g/mol. The van der Waals surface area contributed by atoms with E-state index in [9.17, 15) is 0 Å². The van der Waals surface area contributed by atoms with Crippen LogP contribution in [0.25, 0.3) is 0 Å². The fourth-order valence-electron chi connectivity index (χ4n) is 3.01. The van der Waals surface area contributed by atoms with Crippen LogP contribution in [0, 0.1) is 5.92 Å². The molecule has 19 heavy (non-hydrogen) atoms. The van der Waals surface area contributed by atoms with Crippen LogP contribution in [0.15, 0.2) is 42.6 Å². The number of likely N-dealkylation sites (tertiary alicyclic amines) is 1. The summed E-state index contributed by atoms with van der Waals surface area (Å²) >= 11 is 0. The van der Waals surface area contributed by atoms with Gasteiger partial charge in [-0.3, -0.25) is 10.00 Å². The molecule has 0 radical (unpaired) electrons. The summed E-state index contributed by atoms with van der Waals surface area (Å²) in [4.78, 5) is 2.58. The summed E-state index contributed by atoms with van der Waals surface area (Å²) in [7, 11) is 0. The molecule has 1 fully saturated rings. The van der Waals surface area contributed by atoms with Crippen LogP contribution in [0.2, 0.25) is 0 Å². The molecule has 1 saturated heterocycles. The number of nitrogens with zero attached hydrogens (tertiary/aromatic N) is 2. The first-order valence-corrected chi connectivity index (χ1v) is 7.15. The molecule has 3 nitrogen and oxygen atoms in total. The Morgan fingerprint density at radius 1 is 1.21 bits per heavy atom. The lowest BCUT2D eigenvalue weighted by atomic mass is 9.93. The Bertz CT molecular complexity index is 478. The molecule has 0 saturated carbocycles. The third-order valence-corrected chi connectivity index (χ3v) is 3.92. The van der Waals surface area contributed by atoms with Crippen molar-refractivity contribution in [2.75, 3.05) is 13.1 Å². The Morgan fingerprint density at radius 2 is 2.11 bits per heavy atom. The van der Waals surface area contributed by atoms with Crippen LogP contribution in [-0.4, -0.2) is 28.2 Å². The highest BCUT2D eigenvalue weighted by atomic mass is 15.1. The van der Waals surface area contributed by atoms with Crippen molar-refractivity contribution < 1.29 is 0 Å². The van der Waals surface area contributed by atoms with Crippen molar-refractivity contribution in [3.8, 4) is 0 Å². The molecule has 0 aliphatic carbocycles. The quantitative estimate of drug-likeness (QED) is 0.911. The lowest BCUT2D eigenvalue weighted by molar-refractivity contribution is 0.166. The van der Waals surface area contributed by atoms with Crippen molar-refractivity contribution in [2.24, 2.45) is 5.92 Å². The molecule has 100 valence electrons. The van der Waals surface area contributed by atoms with Gasteiger partial charge in [-0.15, -0.1) is 0 Å². The van der Waals surface area contributed by atoms with Gasteiger partial charge in [-0.05, 0) is 43.4 Å². The zero-order chi connectivity index (χ0) is 12.9. The topological polar surface area (TPSA) is 31.9 Å². The van der Waals surface area contributed by atoms with Gasteiger partial charge in [0, 0.05) is 25.0 Å². The maximum Gasteiger partial charge on any atom is 0.0490 e. The van der Waals surface area contributed by atoms with E-state index in [1.54, 1.807) is 0 Å². The highest BCUT2D eigenvalue weighted by Gasteiger charge is 2.20. The first-order valence-electron chi connectivity index (χ1n) is 7.15. The normalized spacial score (nSPS) is 20.5. The summed E-state index contributed by atoms with van der Waals surface area (Å²) in [5, 5.41) is 7.12. The lowest BCUT2D eigenvalue weighted by Gasteiger charge is -2.32. The summed E-state index contributed by atoms with van der Waals surface area (Å²) in [5.74, 6) is 0.762. The predicted molar refractivity (Wildman–Crippen MR) is 76.7 cm³/mol. The van der Waals surface area contributed by atoms with E-state index in [0.717, 1.165) is 18.9 Å². The molecular formula is C16H21N3. The monoisotopic (exact) mass is 255 g/mol. The van der Waals surface area contributed by atoms with Gasteiger partial charge in [0.15, 0.2) is 0 Å². The fourth-order valence-corrected chi connectivity index (χ4v) is 3.01. The fraction of sp³-hybridized carbons (Fsp3) is 0.438. The van der Waals surface area contributed by atoms with Gasteiger partial charge in [0.05, 0.1) is 0 Å². The Labute approximate surface area is 114 Å². The Kier molecular flexibility index (Phi) is 3.94. The van der Waals surface area contributed by atoms with Crippen LogP contribution in [0.5, 0.6) is 0 Å². The van der Waals surface area contributed by atoms with E-state index in [2.05, 4.69) is 51.5 Å². The first-order chi connectivity index (χ1) is 9.40. The number of aromatic nitrogens is 2. The van der Waals surface area contributed by atoms with E-state index < -0.39 is 0 Å². The number of hydrogen-bond donors (Lipinski definition) is 1. The summed E-state index contributed by atoms with van der Waals surface area (Å²) in [6, 6.07) is 12.9. The Hall–Kier alpha value is -1.61. The van der Waals surface area contributed by atoms with E-state index in [1.165, 1.54) is 37.2 Å². The second kappa shape index (κ2) is 6.02.